The van der Waals surface area contributed by atoms with Crippen LogP contribution in [0.3, 0.4) is 0 Å². The Morgan fingerprint density at radius 3 is 2.94 bits per heavy atom. The molecule has 2 N–H and O–H groups in total. The van der Waals surface area contributed by atoms with Crippen LogP contribution in [0.5, 0.6) is 0 Å². The summed E-state index contributed by atoms with van der Waals surface area (Å²) >= 11 is 0. The van der Waals surface area contributed by atoms with E-state index >= 15 is 0 Å². The minimum absolute atomic E-state index is 0.0615. The van der Waals surface area contributed by atoms with Crippen molar-refractivity contribution in [2.75, 3.05) is 19.7 Å². The number of morpholine rings is 1. The zero-order valence-electron chi connectivity index (χ0n) is 10.2. The molecule has 0 spiro atoms. The molecule has 0 saturated carbocycles. The van der Waals surface area contributed by atoms with Gasteiger partial charge in [0.15, 0.2) is 0 Å². The number of hydrogen-bond acceptors (Lipinski definition) is 4. The summed E-state index contributed by atoms with van der Waals surface area (Å²) in [5.41, 5.74) is 1.33. The molecule has 1 fully saturated rings. The molecule has 1 heterocycles. The topological polar surface area (TPSA) is 47.7 Å². The minimum Gasteiger partial charge on any atom is -0.373 e. The maximum Gasteiger partial charge on any atom is 0.103 e. The van der Waals surface area contributed by atoms with Crippen LogP contribution in [-0.4, -0.2) is 36.8 Å². The first-order chi connectivity index (χ1) is 8.29. The average molecular weight is 236 g/mol. The first-order valence-electron chi connectivity index (χ1n) is 6.03. The van der Waals surface area contributed by atoms with Crippen molar-refractivity contribution in [2.24, 2.45) is 5.90 Å². The van der Waals surface area contributed by atoms with Crippen molar-refractivity contribution >= 4 is 0 Å². The van der Waals surface area contributed by atoms with Gasteiger partial charge < -0.3 is 4.74 Å². The monoisotopic (exact) mass is 236 g/mol. The van der Waals surface area contributed by atoms with E-state index in [0.717, 1.165) is 26.2 Å². The largest absolute Gasteiger partial charge is 0.373 e. The van der Waals surface area contributed by atoms with Gasteiger partial charge in [-0.1, -0.05) is 30.3 Å². The standard InChI is InChI=1S/C13H20N2O2/c1-11(17-14)13-10-15(7-8-16-13)9-12-5-3-2-4-6-12/h2-6,11,13H,7-10,14H2,1H3. The Bertz CT molecular complexity index is 331. The lowest BCUT2D eigenvalue weighted by atomic mass is 10.1. The van der Waals surface area contributed by atoms with Crippen molar-refractivity contribution in [3.63, 3.8) is 0 Å². The molecule has 0 bridgehead atoms. The summed E-state index contributed by atoms with van der Waals surface area (Å²) in [6, 6.07) is 10.5. The van der Waals surface area contributed by atoms with E-state index in [1.807, 2.05) is 13.0 Å². The summed E-state index contributed by atoms with van der Waals surface area (Å²) in [6.07, 6.45) is 0.00559. The van der Waals surface area contributed by atoms with E-state index in [2.05, 4.69) is 29.2 Å². The average Bonchev–Trinajstić information content (AvgIpc) is 2.39. The molecule has 2 rings (SSSR count). The molecule has 0 aromatic heterocycles. The van der Waals surface area contributed by atoms with Crippen LogP contribution in [0.2, 0.25) is 0 Å². The highest BCUT2D eigenvalue weighted by molar-refractivity contribution is 5.14. The molecular weight excluding hydrogens is 216 g/mol. The molecule has 1 aliphatic heterocycles. The Hall–Kier alpha value is -0.940. The molecule has 0 aliphatic carbocycles. The van der Waals surface area contributed by atoms with E-state index in [9.17, 15) is 0 Å². The van der Waals surface area contributed by atoms with E-state index in [1.54, 1.807) is 0 Å². The van der Waals surface area contributed by atoms with Gasteiger partial charge >= 0.3 is 0 Å². The van der Waals surface area contributed by atoms with Gasteiger partial charge in [-0.15, -0.1) is 0 Å². The molecular formula is C13H20N2O2. The number of ether oxygens (including phenoxy) is 1. The van der Waals surface area contributed by atoms with E-state index in [1.165, 1.54) is 5.56 Å². The maximum atomic E-state index is 5.65. The highest BCUT2D eigenvalue weighted by atomic mass is 16.6. The van der Waals surface area contributed by atoms with Gasteiger partial charge in [0.1, 0.15) is 6.10 Å². The van der Waals surface area contributed by atoms with Crippen molar-refractivity contribution in [1.82, 2.24) is 4.90 Å². The van der Waals surface area contributed by atoms with Crippen molar-refractivity contribution < 1.29 is 9.57 Å². The fraction of sp³-hybridized carbons (Fsp3) is 0.538. The second-order valence-corrected chi connectivity index (χ2v) is 4.47. The summed E-state index contributed by atoms with van der Waals surface area (Å²) in [6.45, 7) is 5.47. The van der Waals surface area contributed by atoms with Gasteiger partial charge in [0, 0.05) is 19.6 Å². The van der Waals surface area contributed by atoms with Gasteiger partial charge in [-0.3, -0.25) is 9.74 Å². The molecule has 1 aliphatic rings. The van der Waals surface area contributed by atoms with Crippen LogP contribution < -0.4 is 5.90 Å². The highest BCUT2D eigenvalue weighted by Crippen LogP contribution is 2.13. The molecule has 4 heteroatoms. The SMILES string of the molecule is CC(ON)C1CN(Cc2ccccc2)CCO1. The van der Waals surface area contributed by atoms with Gasteiger partial charge in [-0.25, -0.2) is 5.90 Å². The molecule has 1 aromatic carbocycles. The second-order valence-electron chi connectivity index (χ2n) is 4.47. The van der Waals surface area contributed by atoms with Crippen LogP contribution in [0.15, 0.2) is 30.3 Å². The molecule has 1 aromatic rings. The first kappa shape index (κ1) is 12.5. The molecule has 17 heavy (non-hydrogen) atoms. The Balaban J connectivity index is 1.89. The van der Waals surface area contributed by atoms with Gasteiger partial charge in [0.25, 0.3) is 0 Å². The third-order valence-electron chi connectivity index (χ3n) is 3.16. The summed E-state index contributed by atoms with van der Waals surface area (Å²) in [7, 11) is 0. The summed E-state index contributed by atoms with van der Waals surface area (Å²) in [5, 5.41) is 0. The summed E-state index contributed by atoms with van der Waals surface area (Å²) in [4.78, 5) is 7.21. The number of benzene rings is 1. The maximum absolute atomic E-state index is 5.65. The Morgan fingerprint density at radius 1 is 1.47 bits per heavy atom. The number of hydrogen-bond donors (Lipinski definition) is 1. The zero-order valence-corrected chi connectivity index (χ0v) is 10.2. The fourth-order valence-electron chi connectivity index (χ4n) is 2.09. The van der Waals surface area contributed by atoms with Gasteiger partial charge in [-0.05, 0) is 12.5 Å². The van der Waals surface area contributed by atoms with Crippen molar-refractivity contribution in [3.8, 4) is 0 Å². The van der Waals surface area contributed by atoms with Crippen LogP contribution in [-0.2, 0) is 16.1 Å². The van der Waals surface area contributed by atoms with E-state index in [4.69, 9.17) is 15.5 Å². The first-order valence-corrected chi connectivity index (χ1v) is 6.03. The molecule has 0 radical (unpaired) electrons. The molecule has 0 amide bonds. The van der Waals surface area contributed by atoms with Crippen LogP contribution in [0.1, 0.15) is 12.5 Å². The third kappa shape index (κ3) is 3.51. The van der Waals surface area contributed by atoms with Crippen molar-refractivity contribution in [1.29, 1.82) is 0 Å². The van der Waals surface area contributed by atoms with Gasteiger partial charge in [-0.2, -0.15) is 0 Å². The lowest BCUT2D eigenvalue weighted by Crippen LogP contribution is -2.47. The lowest BCUT2D eigenvalue weighted by molar-refractivity contribution is -0.108. The van der Waals surface area contributed by atoms with Gasteiger partial charge in [0.2, 0.25) is 0 Å². The Kier molecular flexibility index (Phi) is 4.50. The normalized spacial score (nSPS) is 23.5. The molecule has 2 atom stereocenters. The zero-order chi connectivity index (χ0) is 12.1. The smallest absolute Gasteiger partial charge is 0.103 e. The lowest BCUT2D eigenvalue weighted by Gasteiger charge is -2.35. The number of nitrogens with zero attached hydrogens (tertiary/aromatic N) is 1. The molecule has 4 nitrogen and oxygen atoms in total. The van der Waals surface area contributed by atoms with Crippen molar-refractivity contribution in [3.05, 3.63) is 35.9 Å². The van der Waals surface area contributed by atoms with Crippen LogP contribution in [0.25, 0.3) is 0 Å². The van der Waals surface area contributed by atoms with E-state index < -0.39 is 0 Å². The second kappa shape index (κ2) is 6.12. The van der Waals surface area contributed by atoms with Gasteiger partial charge in [0.05, 0.1) is 12.7 Å². The Morgan fingerprint density at radius 2 is 2.24 bits per heavy atom. The van der Waals surface area contributed by atoms with Crippen LogP contribution in [0.4, 0.5) is 0 Å². The number of nitrogens with two attached hydrogens (primary N) is 1. The third-order valence-corrected chi connectivity index (χ3v) is 3.16. The predicted molar refractivity (Wildman–Crippen MR) is 66.2 cm³/mol. The van der Waals surface area contributed by atoms with E-state index in [-0.39, 0.29) is 12.2 Å². The molecule has 1 saturated heterocycles. The number of rotatable bonds is 4. The van der Waals surface area contributed by atoms with Crippen LogP contribution >= 0.6 is 0 Å². The summed E-state index contributed by atoms with van der Waals surface area (Å²) in [5.74, 6) is 5.20. The summed E-state index contributed by atoms with van der Waals surface area (Å²) < 4.78 is 5.65. The predicted octanol–water partition coefficient (Wildman–Crippen LogP) is 1.17. The molecule has 2 unspecified atom stereocenters. The quantitative estimate of drug-likeness (QED) is 0.797. The van der Waals surface area contributed by atoms with Crippen molar-refractivity contribution in [2.45, 2.75) is 25.7 Å². The molecule has 94 valence electrons. The highest BCUT2D eigenvalue weighted by Gasteiger charge is 2.25. The minimum atomic E-state index is -0.0615. The fourth-order valence-corrected chi connectivity index (χ4v) is 2.09. The Labute approximate surface area is 102 Å². The van der Waals surface area contributed by atoms with E-state index in [0.29, 0.717) is 0 Å². The van der Waals surface area contributed by atoms with Crippen LogP contribution in [0, 0.1) is 0 Å².